The molecule has 29 heavy (non-hydrogen) atoms. The zero-order valence-electron chi connectivity index (χ0n) is 16.4. The van der Waals surface area contributed by atoms with E-state index in [1.807, 2.05) is 0 Å². The minimum absolute atomic E-state index is 0.189. The first-order valence-electron chi connectivity index (χ1n) is 10.1. The number of rotatable bonds is 7. The second-order valence-electron chi connectivity index (χ2n) is 7.59. The Morgan fingerprint density at radius 2 is 1.86 bits per heavy atom. The van der Waals surface area contributed by atoms with Crippen molar-refractivity contribution in [3.63, 3.8) is 0 Å². The number of nitrogens with zero attached hydrogens (tertiary/aromatic N) is 4. The minimum atomic E-state index is -0.650. The summed E-state index contributed by atoms with van der Waals surface area (Å²) in [5.74, 6) is -0.253. The van der Waals surface area contributed by atoms with Gasteiger partial charge in [-0.25, -0.2) is 20.2 Å². The summed E-state index contributed by atoms with van der Waals surface area (Å²) in [6.07, 6.45) is 9.77. The Bertz CT molecular complexity index is 710. The quantitative estimate of drug-likeness (QED) is 0.465. The molecule has 1 aromatic rings. The number of carbonyl (C=O) groups is 3. The summed E-state index contributed by atoms with van der Waals surface area (Å²) < 4.78 is 0. The van der Waals surface area contributed by atoms with Gasteiger partial charge in [-0.1, -0.05) is 25.7 Å². The highest BCUT2D eigenvalue weighted by Crippen LogP contribution is 2.28. The summed E-state index contributed by atoms with van der Waals surface area (Å²) in [6.45, 7) is 0.617. The molecule has 10 nitrogen and oxygen atoms in total. The van der Waals surface area contributed by atoms with E-state index in [2.05, 4.69) is 15.3 Å². The number of nitrogens with one attached hydrogen (secondary N) is 2. The Morgan fingerprint density at radius 1 is 1.14 bits per heavy atom. The smallest absolute Gasteiger partial charge is 0.315 e. The average Bonchev–Trinajstić information content (AvgIpc) is 3.43. The maximum absolute atomic E-state index is 13.1. The first kappa shape index (κ1) is 21.0. The number of likely N-dealkylation sites (tertiary alicyclic amines) is 1. The van der Waals surface area contributed by atoms with Crippen molar-refractivity contribution in [2.24, 2.45) is 5.92 Å². The van der Waals surface area contributed by atoms with Crippen LogP contribution in [-0.2, 0) is 9.59 Å². The van der Waals surface area contributed by atoms with Gasteiger partial charge in [0.15, 0.2) is 0 Å². The Labute approximate surface area is 169 Å². The van der Waals surface area contributed by atoms with Gasteiger partial charge < -0.3 is 9.80 Å². The van der Waals surface area contributed by atoms with Crippen LogP contribution < -0.4 is 10.8 Å². The highest BCUT2D eigenvalue weighted by Gasteiger charge is 2.37. The molecular formula is C19H28N6O4. The van der Waals surface area contributed by atoms with Crippen molar-refractivity contribution in [3.8, 4) is 0 Å². The second-order valence-corrected chi connectivity index (χ2v) is 7.59. The predicted molar refractivity (Wildman–Crippen MR) is 104 cm³/mol. The van der Waals surface area contributed by atoms with Crippen LogP contribution in [0.2, 0.25) is 0 Å². The van der Waals surface area contributed by atoms with Gasteiger partial charge in [-0.05, 0) is 31.2 Å². The fourth-order valence-corrected chi connectivity index (χ4v) is 4.10. The van der Waals surface area contributed by atoms with Crippen molar-refractivity contribution in [1.82, 2.24) is 25.2 Å². The summed E-state index contributed by atoms with van der Waals surface area (Å²) >= 11 is 0. The van der Waals surface area contributed by atoms with Gasteiger partial charge in [0.1, 0.15) is 12.6 Å². The van der Waals surface area contributed by atoms with Gasteiger partial charge in [0.05, 0.1) is 0 Å². The lowest BCUT2D eigenvalue weighted by atomic mass is 10.0. The molecule has 3 N–H and O–H groups in total. The van der Waals surface area contributed by atoms with E-state index in [0.717, 1.165) is 19.3 Å². The molecule has 0 radical (unpaired) electrons. The van der Waals surface area contributed by atoms with Crippen molar-refractivity contribution in [3.05, 3.63) is 18.5 Å². The molecule has 10 heteroatoms. The summed E-state index contributed by atoms with van der Waals surface area (Å²) in [6, 6.07) is 0.644. The van der Waals surface area contributed by atoms with Crippen LogP contribution in [0.4, 0.5) is 10.7 Å². The molecule has 0 aromatic carbocycles. The number of anilines is 1. The third-order valence-corrected chi connectivity index (χ3v) is 5.61. The molecule has 1 aliphatic heterocycles. The summed E-state index contributed by atoms with van der Waals surface area (Å²) in [4.78, 5) is 48.4. The summed E-state index contributed by atoms with van der Waals surface area (Å²) in [5.41, 5.74) is 1.59. The van der Waals surface area contributed by atoms with E-state index < -0.39 is 11.9 Å². The van der Waals surface area contributed by atoms with E-state index in [-0.39, 0.29) is 24.4 Å². The number of hydrogen-bond acceptors (Lipinski definition) is 6. The number of aromatic nitrogens is 2. The molecule has 2 heterocycles. The third-order valence-electron chi connectivity index (χ3n) is 5.61. The van der Waals surface area contributed by atoms with Gasteiger partial charge in [0.2, 0.25) is 11.9 Å². The van der Waals surface area contributed by atoms with Crippen molar-refractivity contribution in [2.45, 2.75) is 51.0 Å². The molecule has 0 bridgehead atoms. The van der Waals surface area contributed by atoms with E-state index in [1.54, 1.807) is 11.5 Å². The van der Waals surface area contributed by atoms with Gasteiger partial charge in [-0.2, -0.15) is 0 Å². The maximum atomic E-state index is 13.1. The van der Waals surface area contributed by atoms with E-state index in [4.69, 9.17) is 5.21 Å². The van der Waals surface area contributed by atoms with Crippen LogP contribution in [0.25, 0.3) is 0 Å². The number of hydroxylamine groups is 1. The summed E-state index contributed by atoms with van der Waals surface area (Å²) in [5, 5.41) is 11.5. The molecule has 4 amide bonds. The number of carbonyl (C=O) groups excluding carboxylic acids is 3. The lowest BCUT2D eigenvalue weighted by Crippen LogP contribution is -2.52. The van der Waals surface area contributed by atoms with Crippen molar-refractivity contribution in [1.29, 1.82) is 0 Å². The van der Waals surface area contributed by atoms with Gasteiger partial charge in [-0.3, -0.25) is 20.1 Å². The van der Waals surface area contributed by atoms with Crippen molar-refractivity contribution < 1.29 is 19.6 Å². The number of urea groups is 1. The molecule has 1 unspecified atom stereocenters. The molecule has 1 aromatic heterocycles. The van der Waals surface area contributed by atoms with E-state index in [0.29, 0.717) is 31.8 Å². The predicted octanol–water partition coefficient (Wildman–Crippen LogP) is 1.39. The zero-order valence-corrected chi connectivity index (χ0v) is 16.4. The molecular weight excluding hydrogens is 376 g/mol. The summed E-state index contributed by atoms with van der Waals surface area (Å²) in [7, 11) is 0. The van der Waals surface area contributed by atoms with Crippen LogP contribution >= 0.6 is 0 Å². The monoisotopic (exact) mass is 404 g/mol. The zero-order chi connectivity index (χ0) is 20.6. The van der Waals surface area contributed by atoms with E-state index in [9.17, 15) is 14.4 Å². The molecule has 0 spiro atoms. The normalized spacial score (nSPS) is 19.2. The van der Waals surface area contributed by atoms with Crippen LogP contribution in [0.5, 0.6) is 0 Å². The molecule has 2 aliphatic rings. The molecule has 1 atom stereocenters. The lowest BCUT2D eigenvalue weighted by molar-refractivity contribution is -0.129. The van der Waals surface area contributed by atoms with Crippen LogP contribution in [0, 0.1) is 5.92 Å². The van der Waals surface area contributed by atoms with Crippen molar-refractivity contribution >= 4 is 23.8 Å². The highest BCUT2D eigenvalue weighted by molar-refractivity contribution is 5.96. The number of hydrogen-bond donors (Lipinski definition) is 3. The van der Waals surface area contributed by atoms with Crippen molar-refractivity contribution in [2.75, 3.05) is 25.0 Å². The Hall–Kier alpha value is -2.75. The largest absolute Gasteiger partial charge is 0.321 e. The molecule has 1 saturated heterocycles. The molecule has 158 valence electrons. The van der Waals surface area contributed by atoms with Crippen LogP contribution in [0.15, 0.2) is 18.5 Å². The highest BCUT2D eigenvalue weighted by atomic mass is 16.5. The fourth-order valence-electron chi connectivity index (χ4n) is 4.10. The van der Waals surface area contributed by atoms with Crippen LogP contribution in [0.3, 0.4) is 0 Å². The van der Waals surface area contributed by atoms with Crippen LogP contribution in [0.1, 0.15) is 44.9 Å². The Morgan fingerprint density at radius 3 is 2.55 bits per heavy atom. The topological polar surface area (TPSA) is 128 Å². The van der Waals surface area contributed by atoms with Gasteiger partial charge >= 0.3 is 6.03 Å². The maximum Gasteiger partial charge on any atom is 0.321 e. The Balaban J connectivity index is 1.65. The third kappa shape index (κ3) is 5.63. The molecule has 1 saturated carbocycles. The Kier molecular flexibility index (Phi) is 7.34. The SMILES string of the molecule is O=C(CN(CCC1CCCC1)C(=O)N1CCCC1C(=O)Nc1ncccn1)NO. The van der Waals surface area contributed by atoms with E-state index >= 15 is 0 Å². The standard InChI is InChI=1S/C19H28N6O4/c26-16(23-29)13-24(12-8-14-5-1-2-6-14)19(28)25-11-3-7-15(25)17(27)22-18-20-9-4-10-21-18/h4,9-10,14-15,29H,1-3,5-8,11-13H2,(H,23,26)(H,20,21,22,27). The molecule has 3 rings (SSSR count). The first-order chi connectivity index (χ1) is 14.1. The van der Waals surface area contributed by atoms with Gasteiger partial charge in [0.25, 0.3) is 5.91 Å². The van der Waals surface area contributed by atoms with Gasteiger partial charge in [-0.15, -0.1) is 0 Å². The minimum Gasteiger partial charge on any atom is -0.315 e. The first-order valence-corrected chi connectivity index (χ1v) is 10.1. The second kappa shape index (κ2) is 10.1. The van der Waals surface area contributed by atoms with E-state index in [1.165, 1.54) is 35.0 Å². The molecule has 1 aliphatic carbocycles. The fraction of sp³-hybridized carbons (Fsp3) is 0.632. The number of amides is 4. The lowest BCUT2D eigenvalue weighted by Gasteiger charge is -2.31. The average molecular weight is 404 g/mol. The van der Waals surface area contributed by atoms with Gasteiger partial charge in [0, 0.05) is 25.5 Å². The molecule has 2 fully saturated rings. The van der Waals surface area contributed by atoms with Crippen LogP contribution in [-0.4, -0.2) is 68.5 Å².